The molecule has 1 heterocycles. The summed E-state index contributed by atoms with van der Waals surface area (Å²) in [6, 6.07) is 0. The molecular weight excluding hydrogens is 128 g/mol. The Morgan fingerprint density at radius 3 is 3.10 bits per heavy atom. The van der Waals surface area contributed by atoms with Crippen LogP contribution in [0.4, 0.5) is 0 Å². The molecule has 1 fully saturated rings. The summed E-state index contributed by atoms with van der Waals surface area (Å²) in [6.45, 7) is 8.04. The second-order valence-electron chi connectivity index (χ2n) is 2.74. The van der Waals surface area contributed by atoms with E-state index in [0.717, 1.165) is 32.0 Å². The highest BCUT2D eigenvalue weighted by Crippen LogP contribution is 2.13. The molecular formula is C8H14O2. The third-order valence-electron chi connectivity index (χ3n) is 1.59. The van der Waals surface area contributed by atoms with Gasteiger partial charge in [-0.2, -0.15) is 0 Å². The maximum atomic E-state index is 5.25. The van der Waals surface area contributed by atoms with Crippen molar-refractivity contribution in [2.45, 2.75) is 13.3 Å². The molecule has 0 aliphatic carbocycles. The molecule has 2 nitrogen and oxygen atoms in total. The minimum absolute atomic E-state index is 0.594. The first-order valence-corrected chi connectivity index (χ1v) is 3.65. The Kier molecular flexibility index (Phi) is 2.75. The van der Waals surface area contributed by atoms with Gasteiger partial charge in [0.2, 0.25) is 0 Å². The van der Waals surface area contributed by atoms with Crippen LogP contribution in [-0.2, 0) is 9.47 Å². The average Bonchev–Trinajstić information content (AvgIpc) is 2.34. The summed E-state index contributed by atoms with van der Waals surface area (Å²) in [7, 11) is 0. The lowest BCUT2D eigenvalue weighted by molar-refractivity contribution is 0.138. The highest BCUT2D eigenvalue weighted by atomic mass is 16.5. The summed E-state index contributed by atoms with van der Waals surface area (Å²) in [6.07, 6.45) is 1.13. The van der Waals surface area contributed by atoms with Gasteiger partial charge in [0.15, 0.2) is 0 Å². The Bertz CT molecular complexity index is 114. The molecule has 10 heavy (non-hydrogen) atoms. The van der Waals surface area contributed by atoms with E-state index in [-0.39, 0.29) is 0 Å². The van der Waals surface area contributed by atoms with E-state index in [1.54, 1.807) is 0 Å². The third kappa shape index (κ3) is 2.40. The topological polar surface area (TPSA) is 18.5 Å². The number of rotatable bonds is 3. The predicted octanol–water partition coefficient (Wildman–Crippen LogP) is 1.57. The number of hydrogen-bond donors (Lipinski definition) is 0. The molecule has 1 rings (SSSR count). The van der Waals surface area contributed by atoms with Crippen molar-refractivity contribution < 1.29 is 9.47 Å². The molecule has 0 bridgehead atoms. The smallest absolute Gasteiger partial charge is 0.0927 e. The summed E-state index contributed by atoms with van der Waals surface area (Å²) in [4.78, 5) is 0. The monoisotopic (exact) mass is 142 g/mol. The molecule has 2 heteroatoms. The normalized spacial score (nSPS) is 24.7. The van der Waals surface area contributed by atoms with E-state index in [9.17, 15) is 0 Å². The molecule has 0 aromatic rings. The van der Waals surface area contributed by atoms with Crippen molar-refractivity contribution in [3.05, 3.63) is 12.3 Å². The molecule has 0 amide bonds. The van der Waals surface area contributed by atoms with E-state index in [0.29, 0.717) is 5.92 Å². The third-order valence-corrected chi connectivity index (χ3v) is 1.59. The van der Waals surface area contributed by atoms with Crippen LogP contribution in [0.15, 0.2) is 12.3 Å². The van der Waals surface area contributed by atoms with Crippen LogP contribution < -0.4 is 0 Å². The van der Waals surface area contributed by atoms with Crippen molar-refractivity contribution in [1.29, 1.82) is 0 Å². The quantitative estimate of drug-likeness (QED) is 0.557. The highest BCUT2D eigenvalue weighted by molar-refractivity contribution is 4.75. The highest BCUT2D eigenvalue weighted by Gasteiger charge is 2.15. The molecule has 1 unspecified atom stereocenters. The Hall–Kier alpha value is -0.500. The fraction of sp³-hybridized carbons (Fsp3) is 0.750. The molecule has 0 aromatic carbocycles. The van der Waals surface area contributed by atoms with Gasteiger partial charge in [0.1, 0.15) is 0 Å². The van der Waals surface area contributed by atoms with E-state index in [1.165, 1.54) is 0 Å². The largest absolute Gasteiger partial charge is 0.498 e. The minimum atomic E-state index is 0.594. The van der Waals surface area contributed by atoms with Crippen LogP contribution in [0, 0.1) is 5.92 Å². The van der Waals surface area contributed by atoms with E-state index in [2.05, 4.69) is 6.58 Å². The lowest BCUT2D eigenvalue weighted by Gasteiger charge is -2.08. The lowest BCUT2D eigenvalue weighted by Crippen LogP contribution is -2.07. The zero-order chi connectivity index (χ0) is 7.40. The predicted molar refractivity (Wildman–Crippen MR) is 39.7 cm³/mol. The molecule has 0 radical (unpaired) electrons. The summed E-state index contributed by atoms with van der Waals surface area (Å²) >= 11 is 0. The van der Waals surface area contributed by atoms with Crippen LogP contribution in [0.25, 0.3) is 0 Å². The van der Waals surface area contributed by atoms with Crippen LogP contribution in [-0.4, -0.2) is 19.8 Å². The standard InChI is InChI=1S/C8H14O2/c1-7(2)10-6-8-3-4-9-5-8/h8H,1,3-6H2,2H3. The molecule has 1 aliphatic rings. The van der Waals surface area contributed by atoms with Gasteiger partial charge in [0, 0.05) is 12.5 Å². The van der Waals surface area contributed by atoms with Crippen LogP contribution in [0.2, 0.25) is 0 Å². The number of allylic oxidation sites excluding steroid dienone is 1. The first-order chi connectivity index (χ1) is 4.79. The van der Waals surface area contributed by atoms with Gasteiger partial charge >= 0.3 is 0 Å². The van der Waals surface area contributed by atoms with Crippen molar-refractivity contribution >= 4 is 0 Å². The maximum Gasteiger partial charge on any atom is 0.0927 e. The molecule has 58 valence electrons. The Balaban J connectivity index is 2.07. The van der Waals surface area contributed by atoms with Gasteiger partial charge in [0.25, 0.3) is 0 Å². The van der Waals surface area contributed by atoms with Crippen LogP contribution in [0.5, 0.6) is 0 Å². The summed E-state index contributed by atoms with van der Waals surface area (Å²) in [5.74, 6) is 1.39. The van der Waals surface area contributed by atoms with Crippen molar-refractivity contribution in [3.8, 4) is 0 Å². The fourth-order valence-corrected chi connectivity index (χ4v) is 0.975. The first kappa shape index (κ1) is 7.61. The lowest BCUT2D eigenvalue weighted by atomic mass is 10.1. The Morgan fingerprint density at radius 1 is 1.80 bits per heavy atom. The van der Waals surface area contributed by atoms with Crippen molar-refractivity contribution in [2.75, 3.05) is 19.8 Å². The van der Waals surface area contributed by atoms with Crippen molar-refractivity contribution in [1.82, 2.24) is 0 Å². The second-order valence-corrected chi connectivity index (χ2v) is 2.74. The SMILES string of the molecule is C=C(C)OCC1CCOC1. The summed E-state index contributed by atoms with van der Waals surface area (Å²) < 4.78 is 10.4. The van der Waals surface area contributed by atoms with Gasteiger partial charge in [-0.15, -0.1) is 0 Å². The van der Waals surface area contributed by atoms with Crippen molar-refractivity contribution in [2.24, 2.45) is 5.92 Å². The number of hydrogen-bond acceptors (Lipinski definition) is 2. The Morgan fingerprint density at radius 2 is 2.60 bits per heavy atom. The summed E-state index contributed by atoms with van der Waals surface area (Å²) in [5.41, 5.74) is 0. The van der Waals surface area contributed by atoms with E-state index < -0.39 is 0 Å². The van der Waals surface area contributed by atoms with Gasteiger partial charge < -0.3 is 9.47 Å². The summed E-state index contributed by atoms with van der Waals surface area (Å²) in [5, 5.41) is 0. The van der Waals surface area contributed by atoms with Crippen LogP contribution >= 0.6 is 0 Å². The minimum Gasteiger partial charge on any atom is -0.498 e. The van der Waals surface area contributed by atoms with Gasteiger partial charge in [0.05, 0.1) is 19.0 Å². The van der Waals surface area contributed by atoms with Gasteiger partial charge in [-0.1, -0.05) is 6.58 Å². The zero-order valence-electron chi connectivity index (χ0n) is 6.43. The maximum absolute atomic E-state index is 5.25. The van der Waals surface area contributed by atoms with E-state index in [4.69, 9.17) is 9.47 Å². The molecule has 0 aromatic heterocycles. The second kappa shape index (κ2) is 3.62. The molecule has 0 N–H and O–H groups in total. The van der Waals surface area contributed by atoms with Gasteiger partial charge in [-0.25, -0.2) is 0 Å². The fourth-order valence-electron chi connectivity index (χ4n) is 0.975. The molecule has 1 atom stereocenters. The Labute approximate surface area is 61.8 Å². The molecule has 1 saturated heterocycles. The van der Waals surface area contributed by atoms with Crippen LogP contribution in [0.1, 0.15) is 13.3 Å². The van der Waals surface area contributed by atoms with Gasteiger partial charge in [-0.3, -0.25) is 0 Å². The average molecular weight is 142 g/mol. The van der Waals surface area contributed by atoms with Gasteiger partial charge in [-0.05, 0) is 13.3 Å². The number of ether oxygens (including phenoxy) is 2. The van der Waals surface area contributed by atoms with Crippen molar-refractivity contribution in [3.63, 3.8) is 0 Å². The molecule has 0 saturated carbocycles. The van der Waals surface area contributed by atoms with E-state index in [1.807, 2.05) is 6.92 Å². The first-order valence-electron chi connectivity index (χ1n) is 3.65. The zero-order valence-corrected chi connectivity index (χ0v) is 6.43. The molecule has 1 aliphatic heterocycles. The molecule has 0 spiro atoms. The van der Waals surface area contributed by atoms with Crippen LogP contribution in [0.3, 0.4) is 0 Å². The van der Waals surface area contributed by atoms with E-state index >= 15 is 0 Å².